The second-order valence-corrected chi connectivity index (χ2v) is 7.66. The molecule has 3 rings (SSSR count). The quantitative estimate of drug-likeness (QED) is 0.530. The van der Waals surface area contributed by atoms with E-state index in [0.29, 0.717) is 11.0 Å². The normalized spacial score (nSPS) is 11.2. The molecule has 0 unspecified atom stereocenters. The highest BCUT2D eigenvalue weighted by Crippen LogP contribution is 2.18. The predicted octanol–water partition coefficient (Wildman–Crippen LogP) is 3.90. The average Bonchev–Trinajstić information content (AvgIpc) is 2.94. The summed E-state index contributed by atoms with van der Waals surface area (Å²) in [5.41, 5.74) is 3.04. The summed E-state index contributed by atoms with van der Waals surface area (Å²) in [6.07, 6.45) is 0. The highest BCUT2D eigenvalue weighted by atomic mass is 79.9. The van der Waals surface area contributed by atoms with Gasteiger partial charge in [-0.15, -0.1) is 0 Å². The van der Waals surface area contributed by atoms with Crippen molar-refractivity contribution in [1.29, 1.82) is 0 Å². The van der Waals surface area contributed by atoms with Crippen LogP contribution in [0.5, 0.6) is 0 Å². The zero-order valence-corrected chi connectivity index (χ0v) is 18.3. The van der Waals surface area contributed by atoms with Crippen LogP contribution in [0.3, 0.4) is 0 Å². The van der Waals surface area contributed by atoms with Gasteiger partial charge in [-0.3, -0.25) is 14.4 Å². The molecule has 0 saturated heterocycles. The van der Waals surface area contributed by atoms with E-state index in [1.807, 2.05) is 48.1 Å². The second kappa shape index (κ2) is 9.26. The molecule has 1 aromatic heterocycles. The first kappa shape index (κ1) is 20.4. The third kappa shape index (κ3) is 4.39. The third-order valence-corrected chi connectivity index (χ3v) is 5.89. The van der Waals surface area contributed by atoms with Gasteiger partial charge in [0.15, 0.2) is 0 Å². The number of anilines is 1. The van der Waals surface area contributed by atoms with E-state index in [0.717, 1.165) is 31.0 Å². The number of aromatic nitrogens is 2. The molecule has 5 nitrogen and oxygen atoms in total. The minimum Gasteiger partial charge on any atom is -0.373 e. The Labute approximate surface area is 174 Å². The Morgan fingerprint density at radius 2 is 1.57 bits per heavy atom. The lowest BCUT2D eigenvalue weighted by Crippen LogP contribution is -2.33. The molecule has 0 aliphatic heterocycles. The molecule has 2 aromatic carbocycles. The van der Waals surface area contributed by atoms with Crippen molar-refractivity contribution in [2.24, 2.45) is 7.05 Å². The average molecular weight is 443 g/mol. The molecule has 0 radical (unpaired) electrons. The third-order valence-electron chi connectivity index (χ3n) is 5.09. The first-order chi connectivity index (χ1) is 13.5. The summed E-state index contributed by atoms with van der Waals surface area (Å²) in [7, 11) is 4.05. The molecule has 0 atom stereocenters. The van der Waals surface area contributed by atoms with Crippen molar-refractivity contribution in [2.75, 3.05) is 31.6 Å². The SMILES string of the molecule is CCN(CCN(C)c1ccccc1)Cc1c(Br)c(=O)n(-c2ccccc2)n1C. The molecule has 0 spiro atoms. The van der Waals surface area contributed by atoms with E-state index < -0.39 is 0 Å². The van der Waals surface area contributed by atoms with Gasteiger partial charge in [0, 0.05) is 39.4 Å². The van der Waals surface area contributed by atoms with Gasteiger partial charge in [-0.1, -0.05) is 43.3 Å². The standard InChI is InChI=1S/C22H27BrN4O/c1-4-26(16-15-24(2)18-11-7-5-8-12-18)17-20-21(23)22(28)27(25(20)3)19-13-9-6-10-14-19/h5-14H,4,15-17H2,1-3H3. The Morgan fingerprint density at radius 3 is 2.18 bits per heavy atom. The van der Waals surface area contributed by atoms with Crippen molar-refractivity contribution >= 4 is 21.6 Å². The van der Waals surface area contributed by atoms with Crippen molar-refractivity contribution in [3.8, 4) is 5.69 Å². The Morgan fingerprint density at radius 1 is 0.964 bits per heavy atom. The molecule has 3 aromatic rings. The monoisotopic (exact) mass is 442 g/mol. The molecular formula is C22H27BrN4O. The summed E-state index contributed by atoms with van der Waals surface area (Å²) < 4.78 is 4.29. The minimum atomic E-state index is -0.0267. The van der Waals surface area contributed by atoms with Crippen molar-refractivity contribution in [1.82, 2.24) is 14.3 Å². The van der Waals surface area contributed by atoms with E-state index in [9.17, 15) is 4.79 Å². The van der Waals surface area contributed by atoms with Crippen LogP contribution in [0.4, 0.5) is 5.69 Å². The molecule has 6 heteroatoms. The molecule has 0 saturated carbocycles. The van der Waals surface area contributed by atoms with E-state index in [1.54, 1.807) is 4.68 Å². The van der Waals surface area contributed by atoms with Crippen molar-refractivity contribution in [2.45, 2.75) is 13.5 Å². The lowest BCUT2D eigenvalue weighted by Gasteiger charge is -2.26. The van der Waals surface area contributed by atoms with Crippen LogP contribution in [0.15, 0.2) is 69.9 Å². The topological polar surface area (TPSA) is 33.4 Å². The van der Waals surface area contributed by atoms with Gasteiger partial charge in [0.25, 0.3) is 5.56 Å². The van der Waals surface area contributed by atoms with Crippen LogP contribution < -0.4 is 10.5 Å². The van der Waals surface area contributed by atoms with Crippen LogP contribution in [-0.4, -0.2) is 40.9 Å². The van der Waals surface area contributed by atoms with Crippen molar-refractivity contribution < 1.29 is 0 Å². The van der Waals surface area contributed by atoms with Crippen LogP contribution in [0, 0.1) is 0 Å². The summed E-state index contributed by atoms with van der Waals surface area (Å²) >= 11 is 3.53. The summed E-state index contributed by atoms with van der Waals surface area (Å²) in [5.74, 6) is 0. The summed E-state index contributed by atoms with van der Waals surface area (Å²) in [5, 5.41) is 0. The zero-order chi connectivity index (χ0) is 20.1. The number of likely N-dealkylation sites (N-methyl/N-ethyl adjacent to an activating group) is 2. The smallest absolute Gasteiger partial charge is 0.286 e. The Hall–Kier alpha value is -2.31. The molecule has 148 valence electrons. The van der Waals surface area contributed by atoms with Crippen LogP contribution in [-0.2, 0) is 13.6 Å². The number of hydrogen-bond acceptors (Lipinski definition) is 3. The molecule has 0 aliphatic rings. The molecule has 0 amide bonds. The van der Waals surface area contributed by atoms with Crippen molar-refractivity contribution in [3.05, 3.63) is 81.2 Å². The Bertz CT molecular complexity index is 950. The van der Waals surface area contributed by atoms with Crippen molar-refractivity contribution in [3.63, 3.8) is 0 Å². The fraction of sp³-hybridized carbons (Fsp3) is 0.318. The number of hydrogen-bond donors (Lipinski definition) is 0. The molecule has 0 aliphatic carbocycles. The fourth-order valence-corrected chi connectivity index (χ4v) is 3.86. The van der Waals surface area contributed by atoms with Crippen LogP contribution >= 0.6 is 15.9 Å². The van der Waals surface area contributed by atoms with Gasteiger partial charge in [-0.2, -0.15) is 0 Å². The molecule has 0 bridgehead atoms. The maximum atomic E-state index is 12.8. The number of halogens is 1. The Balaban J connectivity index is 1.75. The van der Waals surface area contributed by atoms with E-state index in [1.165, 1.54) is 5.69 Å². The molecule has 0 N–H and O–H groups in total. The summed E-state index contributed by atoms with van der Waals surface area (Å²) in [6, 6.07) is 20.1. The van der Waals surface area contributed by atoms with Gasteiger partial charge in [-0.05, 0) is 46.7 Å². The van der Waals surface area contributed by atoms with Gasteiger partial charge >= 0.3 is 0 Å². The largest absolute Gasteiger partial charge is 0.373 e. The van der Waals surface area contributed by atoms with Gasteiger partial charge in [0.05, 0.1) is 11.4 Å². The highest BCUT2D eigenvalue weighted by Gasteiger charge is 2.19. The maximum Gasteiger partial charge on any atom is 0.286 e. The number of rotatable bonds is 8. The van der Waals surface area contributed by atoms with Crippen LogP contribution in [0.2, 0.25) is 0 Å². The lowest BCUT2D eigenvalue weighted by atomic mass is 10.3. The molecular weight excluding hydrogens is 416 g/mol. The number of nitrogens with zero attached hydrogens (tertiary/aromatic N) is 4. The summed E-state index contributed by atoms with van der Waals surface area (Å²) in [4.78, 5) is 17.4. The van der Waals surface area contributed by atoms with Gasteiger partial charge < -0.3 is 4.90 Å². The lowest BCUT2D eigenvalue weighted by molar-refractivity contribution is 0.277. The maximum absolute atomic E-state index is 12.8. The van der Waals surface area contributed by atoms with Crippen LogP contribution in [0.25, 0.3) is 5.69 Å². The van der Waals surface area contributed by atoms with Gasteiger partial charge in [-0.25, -0.2) is 4.68 Å². The molecule has 0 fully saturated rings. The zero-order valence-electron chi connectivity index (χ0n) is 16.7. The van der Waals surface area contributed by atoms with E-state index in [-0.39, 0.29) is 5.56 Å². The summed E-state index contributed by atoms with van der Waals surface area (Å²) in [6.45, 7) is 5.62. The minimum absolute atomic E-state index is 0.0267. The first-order valence-electron chi connectivity index (χ1n) is 9.53. The van der Waals surface area contributed by atoms with Crippen LogP contribution in [0.1, 0.15) is 12.6 Å². The molecule has 1 heterocycles. The van der Waals surface area contributed by atoms with Gasteiger partial charge in [0.1, 0.15) is 4.47 Å². The van der Waals surface area contributed by atoms with E-state index in [4.69, 9.17) is 0 Å². The molecule has 28 heavy (non-hydrogen) atoms. The number of benzene rings is 2. The Kier molecular flexibility index (Phi) is 6.75. The van der Waals surface area contributed by atoms with E-state index in [2.05, 4.69) is 64.0 Å². The van der Waals surface area contributed by atoms with Gasteiger partial charge in [0.2, 0.25) is 0 Å². The predicted molar refractivity (Wildman–Crippen MR) is 119 cm³/mol. The van der Waals surface area contributed by atoms with E-state index >= 15 is 0 Å². The second-order valence-electron chi connectivity index (χ2n) is 6.86. The highest BCUT2D eigenvalue weighted by molar-refractivity contribution is 9.10. The fourth-order valence-electron chi connectivity index (χ4n) is 3.31. The number of para-hydroxylation sites is 2. The first-order valence-corrected chi connectivity index (χ1v) is 10.3.